The monoisotopic (exact) mass is 398 g/mol. The van der Waals surface area contributed by atoms with Gasteiger partial charge in [0.25, 0.3) is 0 Å². The summed E-state index contributed by atoms with van der Waals surface area (Å²) in [6.45, 7) is 16.6. The summed E-state index contributed by atoms with van der Waals surface area (Å²) in [5.74, 6) is -0.322. The summed E-state index contributed by atoms with van der Waals surface area (Å²) in [5, 5.41) is 20.7. The second-order valence-electron chi connectivity index (χ2n) is 8.79. The number of carbonyl (C=O) groups is 2. The van der Waals surface area contributed by atoms with Crippen molar-refractivity contribution in [2.45, 2.75) is 84.6 Å². The highest BCUT2D eigenvalue weighted by Crippen LogP contribution is 2.41. The maximum Gasteiger partial charge on any atom is 0.177 e. The van der Waals surface area contributed by atoms with Crippen LogP contribution < -0.4 is 0 Å². The molecule has 0 rings (SSSR count). The SMILES string of the molecule is C=CC(C)(N(C)CC(=O)C(C)(O)CC)C(C)(CC)C(=O)CN(C)C(C)(O)CC. The molecule has 0 amide bonds. The highest BCUT2D eigenvalue weighted by atomic mass is 16.3. The van der Waals surface area contributed by atoms with E-state index in [1.807, 2.05) is 27.7 Å². The molecule has 0 aromatic carbocycles. The van der Waals surface area contributed by atoms with E-state index in [-0.39, 0.29) is 24.7 Å². The third-order valence-corrected chi connectivity index (χ3v) is 7.17. The Morgan fingerprint density at radius 1 is 0.857 bits per heavy atom. The van der Waals surface area contributed by atoms with E-state index < -0.39 is 22.3 Å². The quantitative estimate of drug-likeness (QED) is 0.367. The third kappa shape index (κ3) is 5.29. The molecule has 0 saturated heterocycles. The van der Waals surface area contributed by atoms with Crippen molar-refractivity contribution < 1.29 is 19.8 Å². The lowest BCUT2D eigenvalue weighted by atomic mass is 9.66. The molecule has 0 saturated carbocycles. The number of aliphatic hydroxyl groups is 2. The fraction of sp³-hybridized carbons (Fsp3) is 0.818. The molecule has 0 aliphatic heterocycles. The average Bonchev–Trinajstić information content (AvgIpc) is 2.65. The molecule has 0 aromatic rings. The molecular weight excluding hydrogens is 356 g/mol. The average molecular weight is 399 g/mol. The molecule has 4 unspecified atom stereocenters. The molecule has 0 bridgehead atoms. The number of carbonyl (C=O) groups excluding carboxylic acids is 2. The van der Waals surface area contributed by atoms with E-state index in [4.69, 9.17) is 0 Å². The van der Waals surface area contributed by atoms with E-state index in [9.17, 15) is 19.8 Å². The lowest BCUT2D eigenvalue weighted by Crippen LogP contribution is -2.61. The third-order valence-electron chi connectivity index (χ3n) is 7.17. The van der Waals surface area contributed by atoms with Gasteiger partial charge in [-0.2, -0.15) is 0 Å². The van der Waals surface area contributed by atoms with Gasteiger partial charge in [0.05, 0.1) is 13.1 Å². The van der Waals surface area contributed by atoms with E-state index >= 15 is 0 Å². The summed E-state index contributed by atoms with van der Waals surface area (Å²) in [6.07, 6.45) is 3.07. The fourth-order valence-corrected chi connectivity index (χ4v) is 3.22. The maximum atomic E-state index is 13.4. The molecule has 6 heteroatoms. The van der Waals surface area contributed by atoms with E-state index in [1.165, 1.54) is 6.92 Å². The van der Waals surface area contributed by atoms with Crippen LogP contribution in [0.2, 0.25) is 0 Å². The first-order valence-electron chi connectivity index (χ1n) is 10.2. The Balaban J connectivity index is 5.80. The van der Waals surface area contributed by atoms with Crippen molar-refractivity contribution in [2.24, 2.45) is 5.41 Å². The van der Waals surface area contributed by atoms with Gasteiger partial charge >= 0.3 is 0 Å². The van der Waals surface area contributed by atoms with Gasteiger partial charge in [0.2, 0.25) is 0 Å². The lowest BCUT2D eigenvalue weighted by molar-refractivity contribution is -0.147. The zero-order chi connectivity index (χ0) is 22.6. The molecular formula is C22H42N2O4. The molecule has 0 radical (unpaired) electrons. The molecule has 0 heterocycles. The molecule has 4 atom stereocenters. The molecule has 0 aromatic heterocycles. The zero-order valence-electron chi connectivity index (χ0n) is 19.4. The Bertz CT molecular complexity index is 573. The van der Waals surface area contributed by atoms with Gasteiger partial charge in [0.1, 0.15) is 11.3 Å². The van der Waals surface area contributed by atoms with Crippen molar-refractivity contribution in [1.82, 2.24) is 9.80 Å². The normalized spacial score (nSPS) is 20.8. The van der Waals surface area contributed by atoms with Gasteiger partial charge in [-0.1, -0.05) is 33.8 Å². The predicted molar refractivity (Wildman–Crippen MR) is 114 cm³/mol. The largest absolute Gasteiger partial charge is 0.382 e. The number of hydrogen-bond donors (Lipinski definition) is 2. The summed E-state index contributed by atoms with van der Waals surface area (Å²) in [6, 6.07) is 0. The van der Waals surface area contributed by atoms with Crippen LogP contribution in [-0.2, 0) is 9.59 Å². The van der Waals surface area contributed by atoms with Gasteiger partial charge in [-0.3, -0.25) is 19.4 Å². The van der Waals surface area contributed by atoms with Gasteiger partial charge in [-0.05, 0) is 54.1 Å². The van der Waals surface area contributed by atoms with E-state index in [1.54, 1.807) is 43.8 Å². The van der Waals surface area contributed by atoms with Gasteiger partial charge in [0.15, 0.2) is 11.6 Å². The smallest absolute Gasteiger partial charge is 0.177 e. The highest BCUT2D eigenvalue weighted by molar-refractivity contribution is 5.90. The topological polar surface area (TPSA) is 81.1 Å². The van der Waals surface area contributed by atoms with E-state index in [0.29, 0.717) is 19.3 Å². The maximum absolute atomic E-state index is 13.4. The van der Waals surface area contributed by atoms with Gasteiger partial charge in [0, 0.05) is 11.0 Å². The van der Waals surface area contributed by atoms with Gasteiger partial charge < -0.3 is 10.2 Å². The Hall–Kier alpha value is -1.08. The van der Waals surface area contributed by atoms with Crippen molar-refractivity contribution in [3.63, 3.8) is 0 Å². The summed E-state index contributed by atoms with van der Waals surface area (Å²) in [7, 11) is 3.51. The fourth-order valence-electron chi connectivity index (χ4n) is 3.22. The van der Waals surface area contributed by atoms with Crippen LogP contribution in [0.15, 0.2) is 12.7 Å². The Morgan fingerprint density at radius 2 is 1.32 bits per heavy atom. The minimum atomic E-state index is -1.40. The van der Waals surface area contributed by atoms with E-state index in [2.05, 4.69) is 6.58 Å². The number of ketones is 2. The van der Waals surface area contributed by atoms with Gasteiger partial charge in [-0.15, -0.1) is 6.58 Å². The first kappa shape index (κ1) is 26.9. The Labute approximate surface area is 171 Å². The second-order valence-corrected chi connectivity index (χ2v) is 8.79. The van der Waals surface area contributed by atoms with Crippen LogP contribution in [0.5, 0.6) is 0 Å². The van der Waals surface area contributed by atoms with Crippen LogP contribution in [0.4, 0.5) is 0 Å². The number of nitrogens with zero attached hydrogens (tertiary/aromatic N) is 2. The standard InChI is InChI=1S/C22H42N2O4/c1-11-19(5,17(25)15-24(10)22(8,28)14-4)21(7,13-3)23(9)16-18(26)20(6,27)12-2/h13,27-28H,3,11-12,14-16H2,1-2,4-10H3. The molecule has 164 valence electrons. The number of rotatable bonds is 13. The minimum absolute atomic E-state index is 0.00868. The molecule has 6 nitrogen and oxygen atoms in total. The highest BCUT2D eigenvalue weighted by Gasteiger charge is 2.50. The first-order chi connectivity index (χ1) is 12.6. The van der Waals surface area contributed by atoms with Gasteiger partial charge in [-0.25, -0.2) is 0 Å². The molecule has 2 N–H and O–H groups in total. The Kier molecular flexibility index (Phi) is 9.24. The number of likely N-dealkylation sites (N-methyl/N-ethyl adjacent to an activating group) is 2. The van der Waals surface area contributed by atoms with Crippen LogP contribution in [0.3, 0.4) is 0 Å². The van der Waals surface area contributed by atoms with Crippen molar-refractivity contribution in [3.05, 3.63) is 12.7 Å². The van der Waals surface area contributed by atoms with Crippen molar-refractivity contribution in [1.29, 1.82) is 0 Å². The molecule has 0 fully saturated rings. The lowest BCUT2D eigenvalue weighted by Gasteiger charge is -2.50. The number of hydrogen-bond acceptors (Lipinski definition) is 6. The summed E-state index contributed by atoms with van der Waals surface area (Å²) in [5.41, 5.74) is -4.11. The molecule has 0 aliphatic rings. The van der Waals surface area contributed by atoms with Crippen LogP contribution in [-0.4, -0.2) is 75.6 Å². The zero-order valence-corrected chi connectivity index (χ0v) is 19.4. The summed E-state index contributed by atoms with van der Waals surface area (Å²) < 4.78 is 0. The van der Waals surface area contributed by atoms with Crippen LogP contribution in [0, 0.1) is 5.41 Å². The van der Waals surface area contributed by atoms with Crippen LogP contribution >= 0.6 is 0 Å². The molecule has 0 aliphatic carbocycles. The van der Waals surface area contributed by atoms with Crippen molar-refractivity contribution >= 4 is 11.6 Å². The first-order valence-corrected chi connectivity index (χ1v) is 10.2. The number of Topliss-reactive ketones (excluding diaryl/α,β-unsaturated/α-hetero) is 2. The summed E-state index contributed by atoms with van der Waals surface area (Å²) in [4.78, 5) is 29.4. The molecule has 28 heavy (non-hydrogen) atoms. The molecule has 0 spiro atoms. The summed E-state index contributed by atoms with van der Waals surface area (Å²) >= 11 is 0. The van der Waals surface area contributed by atoms with Crippen molar-refractivity contribution in [3.8, 4) is 0 Å². The van der Waals surface area contributed by atoms with Crippen molar-refractivity contribution in [2.75, 3.05) is 27.2 Å². The predicted octanol–water partition coefficient (Wildman–Crippen LogP) is 2.63. The Morgan fingerprint density at radius 3 is 1.68 bits per heavy atom. The van der Waals surface area contributed by atoms with Crippen LogP contribution in [0.25, 0.3) is 0 Å². The van der Waals surface area contributed by atoms with Crippen LogP contribution in [0.1, 0.15) is 67.7 Å². The second kappa shape index (κ2) is 9.61. The minimum Gasteiger partial charge on any atom is -0.382 e. The van der Waals surface area contributed by atoms with E-state index in [0.717, 1.165) is 0 Å².